The smallest absolute Gasteiger partial charge is 0.125 e. The van der Waals surface area contributed by atoms with Crippen molar-refractivity contribution >= 4 is 20.8 Å². The summed E-state index contributed by atoms with van der Waals surface area (Å²) in [6.07, 6.45) is 4.65. The van der Waals surface area contributed by atoms with Crippen LogP contribution in [0, 0.1) is 5.92 Å². The molecule has 1 heterocycles. The topological polar surface area (TPSA) is 43.8 Å². The average molecular weight is 195 g/mol. The Morgan fingerprint density at radius 1 is 1.69 bits per heavy atom. The fourth-order valence-corrected chi connectivity index (χ4v) is 1.87. The summed E-state index contributed by atoms with van der Waals surface area (Å²) in [6, 6.07) is 1.93. The monoisotopic (exact) mass is 195 g/mol. The maximum absolute atomic E-state index is 5.70. The van der Waals surface area contributed by atoms with Crippen LogP contribution in [0.15, 0.2) is 12.1 Å². The maximum Gasteiger partial charge on any atom is 0.125 e. The van der Waals surface area contributed by atoms with Crippen molar-refractivity contribution in [3.63, 3.8) is 0 Å². The number of rotatable bonds is 1. The minimum Gasteiger partial charge on any atom is -0.384 e. The van der Waals surface area contributed by atoms with E-state index in [2.05, 4.69) is 27.5 Å². The van der Waals surface area contributed by atoms with Crippen molar-refractivity contribution in [2.45, 2.75) is 19.8 Å². The molecule has 0 spiro atoms. The zero-order valence-corrected chi connectivity index (χ0v) is 8.85. The molecule has 0 saturated carbocycles. The molecule has 0 aromatic carbocycles. The molecule has 13 heavy (non-hydrogen) atoms. The van der Waals surface area contributed by atoms with Crippen LogP contribution in [0.1, 0.15) is 25.5 Å². The van der Waals surface area contributed by atoms with Gasteiger partial charge in [-0.1, -0.05) is 13.0 Å². The van der Waals surface area contributed by atoms with Gasteiger partial charge in [0.25, 0.3) is 0 Å². The van der Waals surface area contributed by atoms with Gasteiger partial charge >= 0.3 is 0 Å². The largest absolute Gasteiger partial charge is 0.384 e. The third-order valence-electron chi connectivity index (χ3n) is 2.45. The van der Waals surface area contributed by atoms with Crippen LogP contribution >= 0.6 is 9.39 Å². The van der Waals surface area contributed by atoms with E-state index in [4.69, 9.17) is 5.73 Å². The van der Waals surface area contributed by atoms with Gasteiger partial charge in [-0.25, -0.2) is 4.45 Å². The number of nitrogens with two attached hydrogens (primary N) is 1. The third-order valence-corrected chi connectivity index (χ3v) is 2.86. The van der Waals surface area contributed by atoms with Crippen molar-refractivity contribution < 1.29 is 0 Å². The zero-order valence-electron chi connectivity index (χ0n) is 7.70. The predicted molar refractivity (Wildman–Crippen MR) is 58.1 cm³/mol. The normalized spacial score (nSPS) is 22.0. The lowest BCUT2D eigenvalue weighted by atomic mass is 10.2. The number of nitrogens with zero attached hydrogens (tertiary/aromatic N) is 2. The summed E-state index contributed by atoms with van der Waals surface area (Å²) in [6.45, 7) is 2.23. The summed E-state index contributed by atoms with van der Waals surface area (Å²) in [7, 11) is 2.48. The Balaban J connectivity index is 2.31. The van der Waals surface area contributed by atoms with Crippen molar-refractivity contribution in [1.29, 1.82) is 0 Å². The van der Waals surface area contributed by atoms with Crippen LogP contribution in [-0.2, 0) is 0 Å². The maximum atomic E-state index is 5.70. The second-order valence-electron chi connectivity index (χ2n) is 3.61. The van der Waals surface area contributed by atoms with Crippen LogP contribution in [0.5, 0.6) is 0 Å². The Morgan fingerprint density at radius 2 is 2.46 bits per heavy atom. The van der Waals surface area contributed by atoms with E-state index in [1.165, 1.54) is 12.0 Å². The van der Waals surface area contributed by atoms with Gasteiger partial charge in [0, 0.05) is 6.07 Å². The van der Waals surface area contributed by atoms with E-state index < -0.39 is 0 Å². The van der Waals surface area contributed by atoms with E-state index in [1.54, 1.807) is 4.45 Å². The summed E-state index contributed by atoms with van der Waals surface area (Å²) in [5.74, 6) is 1.38. The molecule has 1 aliphatic rings. The lowest BCUT2D eigenvalue weighted by Crippen LogP contribution is -1.90. The first kappa shape index (κ1) is 8.76. The minimum absolute atomic E-state index is 0.686. The molecule has 0 aliphatic heterocycles. The fraction of sp³-hybridized carbons (Fsp3) is 0.444. The highest BCUT2D eigenvalue weighted by atomic mass is 31.0. The van der Waals surface area contributed by atoms with Gasteiger partial charge < -0.3 is 5.73 Å². The highest BCUT2D eigenvalue weighted by Gasteiger charge is 2.15. The van der Waals surface area contributed by atoms with E-state index in [0.717, 1.165) is 12.1 Å². The highest BCUT2D eigenvalue weighted by Crippen LogP contribution is 2.31. The van der Waals surface area contributed by atoms with E-state index in [1.807, 2.05) is 6.07 Å². The number of allylic oxidation sites excluding steroid dienone is 2. The molecule has 0 amide bonds. The number of hydrogen-bond donors (Lipinski definition) is 1. The fourth-order valence-electron chi connectivity index (χ4n) is 1.67. The molecule has 4 heteroatoms. The number of hydrogen-bond acceptors (Lipinski definition) is 2. The van der Waals surface area contributed by atoms with Crippen molar-refractivity contribution in [3.8, 4) is 0 Å². The molecule has 2 rings (SSSR count). The van der Waals surface area contributed by atoms with Crippen LogP contribution in [0.4, 0.5) is 5.82 Å². The first-order valence-electron chi connectivity index (χ1n) is 4.48. The van der Waals surface area contributed by atoms with Gasteiger partial charge in [0.15, 0.2) is 0 Å². The van der Waals surface area contributed by atoms with Crippen LogP contribution in [0.2, 0.25) is 0 Å². The van der Waals surface area contributed by atoms with Gasteiger partial charge in [0.2, 0.25) is 0 Å². The first-order valence-corrected chi connectivity index (χ1v) is 5.00. The van der Waals surface area contributed by atoms with E-state index >= 15 is 0 Å². The Morgan fingerprint density at radius 3 is 2.92 bits per heavy atom. The van der Waals surface area contributed by atoms with E-state index in [-0.39, 0.29) is 0 Å². The second-order valence-corrected chi connectivity index (χ2v) is 4.10. The lowest BCUT2D eigenvalue weighted by Gasteiger charge is -1.93. The van der Waals surface area contributed by atoms with Gasteiger partial charge in [0.05, 0.1) is 5.69 Å². The summed E-state index contributed by atoms with van der Waals surface area (Å²) < 4.78 is 1.64. The Hall–Kier alpha value is -0.820. The molecule has 2 unspecified atom stereocenters. The van der Waals surface area contributed by atoms with Crippen LogP contribution < -0.4 is 5.73 Å². The summed E-state index contributed by atoms with van der Waals surface area (Å²) in [5, 5.41) is 4.31. The molecule has 2 atom stereocenters. The summed E-state index contributed by atoms with van der Waals surface area (Å²) in [5.41, 5.74) is 8.05. The molecule has 1 aromatic heterocycles. The van der Waals surface area contributed by atoms with E-state index in [0.29, 0.717) is 11.7 Å². The molecule has 1 aromatic rings. The number of aromatic nitrogens is 2. The third kappa shape index (κ3) is 1.61. The van der Waals surface area contributed by atoms with E-state index in [9.17, 15) is 0 Å². The van der Waals surface area contributed by atoms with Gasteiger partial charge in [-0.05, 0) is 33.7 Å². The lowest BCUT2D eigenvalue weighted by molar-refractivity contribution is 0.703. The van der Waals surface area contributed by atoms with Gasteiger partial charge in [0.1, 0.15) is 5.82 Å². The Kier molecular flexibility index (Phi) is 2.12. The van der Waals surface area contributed by atoms with Crippen molar-refractivity contribution in [2.75, 3.05) is 5.73 Å². The number of nitrogen functional groups attached to an aromatic ring is 1. The molecule has 3 nitrogen and oxygen atoms in total. The molecule has 0 saturated heterocycles. The summed E-state index contributed by atoms with van der Waals surface area (Å²) in [4.78, 5) is 0. The molecule has 2 N–H and O–H groups in total. The Labute approximate surface area is 80.3 Å². The standard InChI is InChI=1S/C9H14N3P/c1-6-2-3-7(4-6)8-5-9(10)12(13)11-8/h4-6H,2-3,10,13H2,1H3. The molecule has 0 fully saturated rings. The Bertz CT molecular complexity index is 334. The van der Waals surface area contributed by atoms with Gasteiger partial charge in [-0.2, -0.15) is 5.10 Å². The van der Waals surface area contributed by atoms with Crippen molar-refractivity contribution in [3.05, 3.63) is 17.8 Å². The first-order chi connectivity index (χ1) is 6.16. The molecule has 0 bridgehead atoms. The van der Waals surface area contributed by atoms with Crippen molar-refractivity contribution in [1.82, 2.24) is 9.55 Å². The van der Waals surface area contributed by atoms with Gasteiger partial charge in [-0.15, -0.1) is 0 Å². The summed E-state index contributed by atoms with van der Waals surface area (Å²) >= 11 is 0. The minimum atomic E-state index is 0.686. The second kappa shape index (κ2) is 3.15. The van der Waals surface area contributed by atoms with Crippen LogP contribution in [-0.4, -0.2) is 9.55 Å². The average Bonchev–Trinajstić information content (AvgIpc) is 2.61. The molecular weight excluding hydrogens is 181 g/mol. The number of anilines is 1. The predicted octanol–water partition coefficient (Wildman–Crippen LogP) is 1.92. The molecular formula is C9H14N3P. The van der Waals surface area contributed by atoms with Crippen LogP contribution in [0.3, 0.4) is 0 Å². The highest BCUT2D eigenvalue weighted by molar-refractivity contribution is 7.14. The SMILES string of the molecule is CC1C=C(c2cc(N)n(P)n2)CC1. The van der Waals surface area contributed by atoms with Gasteiger partial charge in [-0.3, -0.25) is 0 Å². The molecule has 1 aliphatic carbocycles. The van der Waals surface area contributed by atoms with Crippen LogP contribution in [0.25, 0.3) is 5.57 Å². The zero-order chi connectivity index (χ0) is 9.42. The molecule has 0 radical (unpaired) electrons. The molecule has 70 valence electrons. The quantitative estimate of drug-likeness (QED) is 0.696. The van der Waals surface area contributed by atoms with Crippen molar-refractivity contribution in [2.24, 2.45) is 5.92 Å².